The predicted molar refractivity (Wildman–Crippen MR) is 109 cm³/mol. The van der Waals surface area contributed by atoms with Crippen LogP contribution in [0.1, 0.15) is 45.6 Å². The normalized spacial score (nSPS) is 16.2. The molecule has 1 aliphatic rings. The second-order valence-electron chi connectivity index (χ2n) is 6.69. The summed E-state index contributed by atoms with van der Waals surface area (Å²) >= 11 is 0. The van der Waals surface area contributed by atoms with Gasteiger partial charge in [-0.1, -0.05) is 37.3 Å². The SMILES string of the molecule is CCCNC(=O)COC(=O)C1=C(C)NC(C)=C(C(=O)OCC)C1c1ccccc1. The molecule has 29 heavy (non-hydrogen) atoms. The van der Waals surface area contributed by atoms with Gasteiger partial charge < -0.3 is 20.1 Å². The van der Waals surface area contributed by atoms with Gasteiger partial charge in [0.25, 0.3) is 5.91 Å². The second-order valence-corrected chi connectivity index (χ2v) is 6.69. The molecule has 7 nitrogen and oxygen atoms in total. The second kappa shape index (κ2) is 10.5. The number of hydrogen-bond acceptors (Lipinski definition) is 6. The number of carbonyl (C=O) groups is 3. The highest BCUT2D eigenvalue weighted by atomic mass is 16.5. The average Bonchev–Trinajstić information content (AvgIpc) is 2.70. The number of ether oxygens (including phenoxy) is 2. The first-order chi connectivity index (χ1) is 13.9. The largest absolute Gasteiger partial charge is 0.463 e. The molecule has 1 aromatic carbocycles. The third-order valence-corrected chi connectivity index (χ3v) is 4.52. The quantitative estimate of drug-likeness (QED) is 0.652. The lowest BCUT2D eigenvalue weighted by Gasteiger charge is -2.30. The third kappa shape index (κ3) is 5.47. The zero-order valence-corrected chi connectivity index (χ0v) is 17.3. The number of amides is 1. The number of benzene rings is 1. The van der Waals surface area contributed by atoms with Crippen molar-refractivity contribution in [1.82, 2.24) is 10.6 Å². The molecular formula is C22H28N2O5. The van der Waals surface area contributed by atoms with Gasteiger partial charge in [-0.05, 0) is 32.8 Å². The van der Waals surface area contributed by atoms with Gasteiger partial charge in [0.2, 0.25) is 0 Å². The van der Waals surface area contributed by atoms with Gasteiger partial charge in [-0.3, -0.25) is 4.79 Å². The highest BCUT2D eigenvalue weighted by Gasteiger charge is 2.38. The van der Waals surface area contributed by atoms with E-state index in [0.717, 1.165) is 12.0 Å². The van der Waals surface area contributed by atoms with Gasteiger partial charge in [-0.15, -0.1) is 0 Å². The Labute approximate surface area is 171 Å². The number of allylic oxidation sites excluding steroid dienone is 2. The van der Waals surface area contributed by atoms with Crippen LogP contribution in [0.4, 0.5) is 0 Å². The minimum atomic E-state index is -0.650. The van der Waals surface area contributed by atoms with E-state index in [4.69, 9.17) is 9.47 Å². The van der Waals surface area contributed by atoms with Crippen molar-refractivity contribution in [3.8, 4) is 0 Å². The summed E-state index contributed by atoms with van der Waals surface area (Å²) < 4.78 is 10.5. The molecule has 156 valence electrons. The van der Waals surface area contributed by atoms with Crippen molar-refractivity contribution in [2.75, 3.05) is 19.8 Å². The molecule has 1 amide bonds. The Morgan fingerprint density at radius 2 is 1.55 bits per heavy atom. The summed E-state index contributed by atoms with van der Waals surface area (Å²) in [4.78, 5) is 37.4. The lowest BCUT2D eigenvalue weighted by atomic mass is 9.80. The van der Waals surface area contributed by atoms with Crippen LogP contribution < -0.4 is 10.6 Å². The Hall–Kier alpha value is -3.09. The minimum Gasteiger partial charge on any atom is -0.463 e. The Bertz CT molecular complexity index is 827. The molecule has 2 rings (SSSR count). The maximum absolute atomic E-state index is 12.9. The number of rotatable bonds is 8. The molecule has 0 aliphatic carbocycles. The number of dihydropyridines is 1. The topological polar surface area (TPSA) is 93.7 Å². The monoisotopic (exact) mass is 400 g/mol. The summed E-state index contributed by atoms with van der Waals surface area (Å²) in [5.74, 6) is -2.16. The van der Waals surface area contributed by atoms with Crippen LogP contribution in [0.25, 0.3) is 0 Å². The average molecular weight is 400 g/mol. The van der Waals surface area contributed by atoms with Crippen LogP contribution in [0.3, 0.4) is 0 Å². The summed E-state index contributed by atoms with van der Waals surface area (Å²) in [6, 6.07) is 9.23. The predicted octanol–water partition coefficient (Wildman–Crippen LogP) is 2.55. The highest BCUT2D eigenvalue weighted by Crippen LogP contribution is 2.39. The van der Waals surface area contributed by atoms with E-state index in [2.05, 4.69) is 10.6 Å². The Morgan fingerprint density at radius 1 is 0.966 bits per heavy atom. The fourth-order valence-electron chi connectivity index (χ4n) is 3.25. The van der Waals surface area contributed by atoms with E-state index < -0.39 is 17.9 Å². The van der Waals surface area contributed by atoms with Gasteiger partial charge in [0.05, 0.1) is 23.7 Å². The molecule has 1 aromatic rings. The van der Waals surface area contributed by atoms with Gasteiger partial charge in [0, 0.05) is 17.9 Å². The Morgan fingerprint density at radius 3 is 2.10 bits per heavy atom. The molecule has 0 fully saturated rings. The summed E-state index contributed by atoms with van der Waals surface area (Å²) in [6.07, 6.45) is 0.789. The molecule has 0 radical (unpaired) electrons. The van der Waals surface area contributed by atoms with Crippen LogP contribution in [0, 0.1) is 0 Å². The van der Waals surface area contributed by atoms with E-state index in [1.807, 2.05) is 37.3 Å². The van der Waals surface area contributed by atoms with Crippen LogP contribution in [0.2, 0.25) is 0 Å². The molecule has 0 saturated carbocycles. The zero-order valence-electron chi connectivity index (χ0n) is 17.3. The highest BCUT2D eigenvalue weighted by molar-refractivity contribution is 6.00. The Kier molecular flexibility index (Phi) is 8.00. The van der Waals surface area contributed by atoms with Crippen LogP contribution in [-0.4, -0.2) is 37.6 Å². The van der Waals surface area contributed by atoms with Crippen molar-refractivity contribution < 1.29 is 23.9 Å². The van der Waals surface area contributed by atoms with Gasteiger partial charge >= 0.3 is 11.9 Å². The van der Waals surface area contributed by atoms with Crippen LogP contribution >= 0.6 is 0 Å². The van der Waals surface area contributed by atoms with Crippen molar-refractivity contribution in [3.63, 3.8) is 0 Å². The maximum Gasteiger partial charge on any atom is 0.337 e. The number of nitrogens with one attached hydrogen (secondary N) is 2. The lowest BCUT2D eigenvalue weighted by Crippen LogP contribution is -2.34. The lowest BCUT2D eigenvalue weighted by molar-refractivity contribution is -0.145. The minimum absolute atomic E-state index is 0.219. The summed E-state index contributed by atoms with van der Waals surface area (Å²) in [6.45, 7) is 7.53. The molecule has 0 aromatic heterocycles. The first kappa shape index (κ1) is 22.2. The van der Waals surface area contributed by atoms with Crippen LogP contribution in [0.15, 0.2) is 52.9 Å². The first-order valence-corrected chi connectivity index (χ1v) is 9.75. The van der Waals surface area contributed by atoms with E-state index >= 15 is 0 Å². The fourth-order valence-corrected chi connectivity index (χ4v) is 3.25. The van der Waals surface area contributed by atoms with Gasteiger partial charge in [0.15, 0.2) is 6.61 Å². The number of esters is 2. The van der Waals surface area contributed by atoms with Gasteiger partial charge in [-0.25, -0.2) is 9.59 Å². The summed E-state index contributed by atoms with van der Waals surface area (Å²) in [7, 11) is 0. The summed E-state index contributed by atoms with van der Waals surface area (Å²) in [5.41, 5.74) is 2.59. The molecule has 1 heterocycles. The van der Waals surface area contributed by atoms with Crippen LogP contribution in [0.5, 0.6) is 0 Å². The number of hydrogen-bond donors (Lipinski definition) is 2. The van der Waals surface area contributed by atoms with E-state index in [1.165, 1.54) is 0 Å². The fraction of sp³-hybridized carbons (Fsp3) is 0.409. The molecule has 1 aliphatic heterocycles. The van der Waals surface area contributed by atoms with Crippen molar-refractivity contribution in [2.45, 2.75) is 40.0 Å². The smallest absolute Gasteiger partial charge is 0.337 e. The molecule has 0 saturated heterocycles. The van der Waals surface area contributed by atoms with Crippen LogP contribution in [-0.2, 0) is 23.9 Å². The first-order valence-electron chi connectivity index (χ1n) is 9.75. The molecule has 2 N–H and O–H groups in total. The molecule has 1 atom stereocenters. The van der Waals surface area contributed by atoms with E-state index in [0.29, 0.717) is 23.5 Å². The zero-order chi connectivity index (χ0) is 21.4. The molecular weight excluding hydrogens is 372 g/mol. The Balaban J connectivity index is 2.37. The molecule has 0 bridgehead atoms. The van der Waals surface area contributed by atoms with Crippen molar-refractivity contribution in [3.05, 3.63) is 58.4 Å². The van der Waals surface area contributed by atoms with E-state index in [9.17, 15) is 14.4 Å². The molecule has 7 heteroatoms. The van der Waals surface area contributed by atoms with E-state index in [1.54, 1.807) is 20.8 Å². The van der Waals surface area contributed by atoms with E-state index in [-0.39, 0.29) is 24.7 Å². The van der Waals surface area contributed by atoms with Gasteiger partial charge in [-0.2, -0.15) is 0 Å². The standard InChI is InChI=1S/C22H28N2O5/c1-5-12-23-17(25)13-29-22(27)19-15(4)24-14(3)18(21(26)28-6-2)20(19)16-10-8-7-9-11-16/h7-11,20,24H,5-6,12-13H2,1-4H3,(H,23,25). The van der Waals surface area contributed by atoms with Crippen molar-refractivity contribution in [1.29, 1.82) is 0 Å². The summed E-state index contributed by atoms with van der Waals surface area (Å²) in [5, 5.41) is 5.74. The molecule has 1 unspecified atom stereocenters. The van der Waals surface area contributed by atoms with Crippen molar-refractivity contribution in [2.24, 2.45) is 0 Å². The van der Waals surface area contributed by atoms with Gasteiger partial charge in [0.1, 0.15) is 0 Å². The molecule has 0 spiro atoms. The van der Waals surface area contributed by atoms with Crippen molar-refractivity contribution >= 4 is 17.8 Å². The third-order valence-electron chi connectivity index (χ3n) is 4.52. The maximum atomic E-state index is 12.9. The number of carbonyl (C=O) groups excluding carboxylic acids is 3.